The molecule has 12 heteroatoms. The summed E-state index contributed by atoms with van der Waals surface area (Å²) in [6, 6.07) is 11.2. The van der Waals surface area contributed by atoms with Crippen LogP contribution in [0.3, 0.4) is 0 Å². The van der Waals surface area contributed by atoms with Gasteiger partial charge in [-0.1, -0.05) is 24.3 Å². The minimum atomic E-state index is -1.25. The first-order valence-corrected chi connectivity index (χ1v) is 13.5. The predicted molar refractivity (Wildman–Crippen MR) is 152 cm³/mol. The Kier molecular flexibility index (Phi) is 9.35. The first-order valence-electron chi connectivity index (χ1n) is 13.5. The van der Waals surface area contributed by atoms with Crippen LogP contribution in [0.1, 0.15) is 43.0 Å². The van der Waals surface area contributed by atoms with E-state index in [4.69, 9.17) is 9.84 Å². The van der Waals surface area contributed by atoms with Crippen LogP contribution in [-0.2, 0) is 24.0 Å². The second-order valence-corrected chi connectivity index (χ2v) is 10.0. The molecule has 4 rings (SSSR count). The smallest absolute Gasteiger partial charge is 0.305 e. The normalized spacial score (nSPS) is 16.8. The predicted octanol–water partition coefficient (Wildman–Crippen LogP) is 1.83. The van der Waals surface area contributed by atoms with Gasteiger partial charge in [0.15, 0.2) is 0 Å². The number of nitrogens with one attached hydrogen (secondary N) is 2. The summed E-state index contributed by atoms with van der Waals surface area (Å²) in [5.41, 5.74) is 2.57. The van der Waals surface area contributed by atoms with Crippen molar-refractivity contribution in [2.75, 3.05) is 30.0 Å². The summed E-state index contributed by atoms with van der Waals surface area (Å²) in [4.78, 5) is 78.4. The molecule has 3 amide bonds. The average molecular weight is 577 g/mol. The molecule has 0 radical (unpaired) electrons. The van der Waals surface area contributed by atoms with Crippen molar-refractivity contribution >= 4 is 47.1 Å². The van der Waals surface area contributed by atoms with E-state index in [1.54, 1.807) is 47.4 Å². The standard InChI is InChI=1S/C30H32N4O8/c1-18(36)33-15-22(32-30(41)29(40)21-10-3-6-13-25(21)42-2)28(19-8-7-9-19)34(24-12-5-4-11-23(24)33)16-26(37)31-20(17-35)14-27(38)39/h3-6,10-13,17,20,22H,7-9,14-16H2,1-2H3,(H,31,37)(H,32,41)(H,38,39). The highest BCUT2D eigenvalue weighted by molar-refractivity contribution is 6.43. The van der Waals surface area contributed by atoms with Crippen LogP contribution in [0.15, 0.2) is 59.8 Å². The van der Waals surface area contributed by atoms with E-state index in [1.165, 1.54) is 25.0 Å². The second kappa shape index (κ2) is 13.1. The number of methoxy groups -OCH3 is 1. The van der Waals surface area contributed by atoms with E-state index in [-0.39, 0.29) is 30.3 Å². The molecule has 2 atom stereocenters. The van der Waals surface area contributed by atoms with E-state index in [1.807, 2.05) is 0 Å². The number of aliphatic carboxylic acids is 1. The van der Waals surface area contributed by atoms with Crippen LogP contribution in [0.5, 0.6) is 5.75 Å². The SMILES string of the molecule is COc1ccccc1C(=O)C(=O)NC1CN(C(C)=O)c2ccccc2N(CC(=O)NC(C=O)CC(=O)O)C1=C1CCC1. The molecule has 0 bridgehead atoms. The third kappa shape index (κ3) is 6.48. The summed E-state index contributed by atoms with van der Waals surface area (Å²) in [5.74, 6) is -3.70. The number of benzene rings is 2. The van der Waals surface area contributed by atoms with Crippen LogP contribution in [0.2, 0.25) is 0 Å². The third-order valence-electron chi connectivity index (χ3n) is 7.22. The minimum Gasteiger partial charge on any atom is -0.496 e. The molecular weight excluding hydrogens is 544 g/mol. The maximum absolute atomic E-state index is 13.4. The van der Waals surface area contributed by atoms with Gasteiger partial charge in [-0.3, -0.25) is 24.0 Å². The molecule has 12 nitrogen and oxygen atoms in total. The number of carboxylic acid groups (broad SMARTS) is 1. The van der Waals surface area contributed by atoms with Crippen LogP contribution < -0.4 is 25.2 Å². The quantitative estimate of drug-likeness (QED) is 0.218. The Morgan fingerprint density at radius 1 is 1.05 bits per heavy atom. The number of aldehydes is 1. The zero-order chi connectivity index (χ0) is 30.4. The Labute approximate surface area is 242 Å². The number of rotatable bonds is 10. The molecule has 1 fully saturated rings. The topological polar surface area (TPSA) is 162 Å². The van der Waals surface area contributed by atoms with Crippen molar-refractivity contribution in [3.63, 3.8) is 0 Å². The van der Waals surface area contributed by atoms with Crippen LogP contribution in [-0.4, -0.2) is 73.1 Å². The van der Waals surface area contributed by atoms with E-state index in [2.05, 4.69) is 10.6 Å². The number of carboxylic acids is 1. The molecule has 0 aromatic heterocycles. The van der Waals surface area contributed by atoms with Gasteiger partial charge in [0.1, 0.15) is 18.6 Å². The maximum Gasteiger partial charge on any atom is 0.305 e. The zero-order valence-corrected chi connectivity index (χ0v) is 23.3. The largest absolute Gasteiger partial charge is 0.496 e. The number of carbonyl (C=O) groups is 6. The van der Waals surface area contributed by atoms with Gasteiger partial charge in [0, 0.05) is 12.6 Å². The Morgan fingerprint density at radius 3 is 2.31 bits per heavy atom. The van der Waals surface area contributed by atoms with E-state index in [0.717, 1.165) is 12.0 Å². The monoisotopic (exact) mass is 576 g/mol. The lowest BCUT2D eigenvalue weighted by molar-refractivity contribution is -0.138. The number of amides is 3. The van der Waals surface area contributed by atoms with Gasteiger partial charge in [0.2, 0.25) is 11.8 Å². The number of hydrogen-bond acceptors (Lipinski definition) is 8. The number of para-hydroxylation sites is 3. The van der Waals surface area contributed by atoms with Gasteiger partial charge in [0.05, 0.1) is 49.1 Å². The zero-order valence-electron chi connectivity index (χ0n) is 23.3. The highest BCUT2D eigenvalue weighted by Gasteiger charge is 2.38. The lowest BCUT2D eigenvalue weighted by Gasteiger charge is -2.35. The van der Waals surface area contributed by atoms with Crippen molar-refractivity contribution in [2.45, 2.75) is 44.7 Å². The number of nitrogens with zero attached hydrogens (tertiary/aromatic N) is 2. The Morgan fingerprint density at radius 2 is 1.71 bits per heavy atom. The summed E-state index contributed by atoms with van der Waals surface area (Å²) < 4.78 is 5.25. The fourth-order valence-electron chi connectivity index (χ4n) is 5.13. The van der Waals surface area contributed by atoms with Crippen molar-refractivity contribution in [2.24, 2.45) is 0 Å². The number of ketones is 1. The van der Waals surface area contributed by atoms with Gasteiger partial charge in [0.25, 0.3) is 11.7 Å². The van der Waals surface area contributed by atoms with Gasteiger partial charge in [-0.05, 0) is 49.1 Å². The molecule has 1 aliphatic carbocycles. The third-order valence-corrected chi connectivity index (χ3v) is 7.22. The van der Waals surface area contributed by atoms with Crippen LogP contribution in [0.25, 0.3) is 0 Å². The van der Waals surface area contributed by atoms with Crippen LogP contribution >= 0.6 is 0 Å². The summed E-state index contributed by atoms with van der Waals surface area (Å²) in [7, 11) is 1.39. The van der Waals surface area contributed by atoms with Crippen molar-refractivity contribution in [1.82, 2.24) is 10.6 Å². The molecular formula is C30H32N4O8. The lowest BCUT2D eigenvalue weighted by Crippen LogP contribution is -2.51. The number of Topliss-reactive ketones (excluding diaryl/α,β-unsaturated/α-hetero) is 1. The maximum atomic E-state index is 13.4. The second-order valence-electron chi connectivity index (χ2n) is 10.0. The summed E-state index contributed by atoms with van der Waals surface area (Å²) >= 11 is 0. The van der Waals surface area contributed by atoms with Gasteiger partial charge in [-0.25, -0.2) is 0 Å². The van der Waals surface area contributed by atoms with Gasteiger partial charge in [-0.2, -0.15) is 0 Å². The molecule has 1 heterocycles. The Bertz CT molecular complexity index is 1450. The lowest BCUT2D eigenvalue weighted by atomic mass is 9.87. The first-order chi connectivity index (χ1) is 20.1. The fraction of sp³-hybridized carbons (Fsp3) is 0.333. The molecule has 2 aliphatic rings. The van der Waals surface area contributed by atoms with E-state index in [0.29, 0.717) is 36.2 Å². The number of hydrogen-bond donors (Lipinski definition) is 3. The van der Waals surface area contributed by atoms with Crippen molar-refractivity contribution in [3.8, 4) is 5.75 Å². The average Bonchev–Trinajstić information content (AvgIpc) is 3.06. The number of anilines is 2. The molecule has 1 saturated carbocycles. The number of fused-ring (bicyclic) bond motifs is 1. The van der Waals surface area contributed by atoms with Crippen LogP contribution in [0.4, 0.5) is 11.4 Å². The van der Waals surface area contributed by atoms with Gasteiger partial charge in [-0.15, -0.1) is 0 Å². The molecule has 2 unspecified atom stereocenters. The summed E-state index contributed by atoms with van der Waals surface area (Å²) in [5, 5.41) is 14.3. The van der Waals surface area contributed by atoms with E-state index in [9.17, 15) is 28.8 Å². The van der Waals surface area contributed by atoms with Crippen molar-refractivity contribution in [3.05, 3.63) is 65.4 Å². The van der Waals surface area contributed by atoms with Gasteiger partial charge < -0.3 is 35.1 Å². The molecule has 2 aromatic rings. The van der Waals surface area contributed by atoms with Crippen LogP contribution in [0, 0.1) is 0 Å². The Balaban J connectivity index is 1.75. The number of allylic oxidation sites excluding steroid dienone is 1. The molecule has 3 N–H and O–H groups in total. The molecule has 1 aliphatic heterocycles. The highest BCUT2D eigenvalue weighted by Crippen LogP contribution is 2.41. The van der Waals surface area contributed by atoms with E-state index < -0.39 is 42.1 Å². The first kappa shape index (κ1) is 30.0. The highest BCUT2D eigenvalue weighted by atomic mass is 16.5. The van der Waals surface area contributed by atoms with Crippen molar-refractivity contribution in [1.29, 1.82) is 0 Å². The number of carbonyl (C=O) groups excluding carboxylic acids is 5. The summed E-state index contributed by atoms with van der Waals surface area (Å²) in [6.07, 6.45) is 2.01. The molecule has 0 saturated heterocycles. The number of ether oxygens (including phenoxy) is 1. The fourth-order valence-corrected chi connectivity index (χ4v) is 5.13. The van der Waals surface area contributed by atoms with E-state index >= 15 is 0 Å². The molecule has 0 spiro atoms. The summed E-state index contributed by atoms with van der Waals surface area (Å²) in [6.45, 7) is 1.04. The Hall–Kier alpha value is -5.00. The van der Waals surface area contributed by atoms with Crippen molar-refractivity contribution < 1.29 is 38.6 Å². The van der Waals surface area contributed by atoms with Gasteiger partial charge >= 0.3 is 5.97 Å². The minimum absolute atomic E-state index is 0.00970. The molecule has 220 valence electrons. The molecule has 2 aromatic carbocycles. The molecule has 42 heavy (non-hydrogen) atoms.